The minimum Gasteiger partial charge on any atom is -0.287 e. The van der Waals surface area contributed by atoms with Crippen LogP contribution in [0.3, 0.4) is 0 Å². The van der Waals surface area contributed by atoms with Crippen LogP contribution in [0.15, 0.2) is 63.7 Å². The molecule has 1 heterocycles. The van der Waals surface area contributed by atoms with E-state index in [0.29, 0.717) is 15.7 Å². The van der Waals surface area contributed by atoms with Crippen molar-refractivity contribution in [2.45, 2.75) is 0 Å². The summed E-state index contributed by atoms with van der Waals surface area (Å²) >= 11 is 6.71. The lowest BCUT2D eigenvalue weighted by Gasteiger charge is -2.05. The van der Waals surface area contributed by atoms with Crippen molar-refractivity contribution in [1.29, 1.82) is 0 Å². The average Bonchev–Trinajstić information content (AvgIpc) is 2.46. The van der Waals surface area contributed by atoms with Gasteiger partial charge in [0.25, 0.3) is 0 Å². The number of hydrogen-bond acceptors (Lipinski definition) is 2. The topological polar surface area (TPSA) is 30.0 Å². The number of ketones is 1. The fraction of sp³-hybridized carbons (Fsp3) is 0. The Labute approximate surface area is 133 Å². The highest BCUT2D eigenvalue weighted by Crippen LogP contribution is 2.23. The predicted octanol–water partition coefficient (Wildman–Crippen LogP) is 4.99. The predicted molar refractivity (Wildman–Crippen MR) is 87.0 cm³/mol. The van der Waals surface area contributed by atoms with E-state index in [4.69, 9.17) is 0 Å². The third-order valence-corrected chi connectivity index (χ3v) is 4.07. The van der Waals surface area contributed by atoms with E-state index in [2.05, 4.69) is 36.8 Å². The van der Waals surface area contributed by atoms with Crippen LogP contribution in [0.25, 0.3) is 10.8 Å². The fourth-order valence-electron chi connectivity index (χ4n) is 2.05. The van der Waals surface area contributed by atoms with Gasteiger partial charge >= 0.3 is 0 Å². The summed E-state index contributed by atoms with van der Waals surface area (Å²) in [5.41, 5.74) is 1.06. The first kappa shape index (κ1) is 13.5. The maximum absolute atomic E-state index is 12.5. The molecule has 0 atom stereocenters. The minimum atomic E-state index is -0.0878. The Morgan fingerprint density at radius 2 is 1.70 bits per heavy atom. The van der Waals surface area contributed by atoms with Gasteiger partial charge in [0.2, 0.25) is 5.78 Å². The number of carbonyl (C=O) groups is 1. The first-order valence-electron chi connectivity index (χ1n) is 6.00. The number of hydrogen-bond donors (Lipinski definition) is 0. The Hall–Kier alpha value is -1.52. The van der Waals surface area contributed by atoms with Crippen LogP contribution in [-0.4, -0.2) is 10.8 Å². The number of halogens is 2. The van der Waals surface area contributed by atoms with Crippen LogP contribution in [0.2, 0.25) is 0 Å². The summed E-state index contributed by atoms with van der Waals surface area (Å²) in [5.74, 6) is -0.0878. The molecule has 0 aliphatic carbocycles. The van der Waals surface area contributed by atoms with Crippen molar-refractivity contribution < 1.29 is 4.79 Å². The van der Waals surface area contributed by atoms with Crippen LogP contribution in [0, 0.1) is 0 Å². The monoisotopic (exact) mass is 389 g/mol. The van der Waals surface area contributed by atoms with Crippen molar-refractivity contribution in [1.82, 2.24) is 4.98 Å². The van der Waals surface area contributed by atoms with Crippen molar-refractivity contribution in [2.24, 2.45) is 0 Å². The third-order valence-electron chi connectivity index (χ3n) is 3.03. The average molecular weight is 391 g/mol. The van der Waals surface area contributed by atoms with Gasteiger partial charge in [0.05, 0.1) is 0 Å². The molecule has 0 amide bonds. The summed E-state index contributed by atoms with van der Waals surface area (Å²) in [6, 6.07) is 15.5. The summed E-state index contributed by atoms with van der Waals surface area (Å²) < 4.78 is 1.52. The minimum absolute atomic E-state index is 0.0878. The number of rotatable bonds is 2. The molecule has 3 aromatic rings. The molecule has 0 saturated carbocycles. The highest BCUT2D eigenvalue weighted by atomic mass is 79.9. The van der Waals surface area contributed by atoms with Gasteiger partial charge in [-0.15, -0.1) is 0 Å². The molecular weight excluding hydrogens is 382 g/mol. The zero-order chi connectivity index (χ0) is 14.1. The largest absolute Gasteiger partial charge is 0.287 e. The summed E-state index contributed by atoms with van der Waals surface area (Å²) in [6.45, 7) is 0. The van der Waals surface area contributed by atoms with E-state index in [1.54, 1.807) is 6.20 Å². The normalized spacial score (nSPS) is 10.7. The van der Waals surface area contributed by atoms with Gasteiger partial charge in [-0.1, -0.05) is 36.4 Å². The molecule has 0 radical (unpaired) electrons. The molecule has 0 aliphatic heterocycles. The standard InChI is InChI=1S/C16H9Br2NO/c17-13-8-14(18)15(19-9-13)16(20)12-6-5-10-3-1-2-4-11(10)7-12/h1-9H. The maximum atomic E-state index is 12.5. The highest BCUT2D eigenvalue weighted by molar-refractivity contribution is 9.11. The van der Waals surface area contributed by atoms with Crippen molar-refractivity contribution in [2.75, 3.05) is 0 Å². The molecule has 98 valence electrons. The number of aromatic nitrogens is 1. The van der Waals surface area contributed by atoms with E-state index < -0.39 is 0 Å². The van der Waals surface area contributed by atoms with Gasteiger partial charge in [0.15, 0.2) is 0 Å². The molecule has 2 nitrogen and oxygen atoms in total. The van der Waals surface area contributed by atoms with Gasteiger partial charge in [-0.3, -0.25) is 9.78 Å². The number of fused-ring (bicyclic) bond motifs is 1. The molecule has 0 aliphatic rings. The van der Waals surface area contributed by atoms with Crippen LogP contribution in [-0.2, 0) is 0 Å². The molecule has 0 saturated heterocycles. The Balaban J connectivity index is 2.08. The molecule has 0 spiro atoms. The molecular formula is C16H9Br2NO. The summed E-state index contributed by atoms with van der Waals surface area (Å²) in [5, 5.41) is 2.17. The van der Waals surface area contributed by atoms with Gasteiger partial charge in [-0.2, -0.15) is 0 Å². The summed E-state index contributed by atoms with van der Waals surface area (Å²) in [7, 11) is 0. The Kier molecular flexibility index (Phi) is 3.68. The van der Waals surface area contributed by atoms with E-state index in [0.717, 1.165) is 15.2 Å². The zero-order valence-corrected chi connectivity index (χ0v) is 13.5. The van der Waals surface area contributed by atoms with Crippen molar-refractivity contribution in [3.63, 3.8) is 0 Å². The van der Waals surface area contributed by atoms with Crippen molar-refractivity contribution in [3.8, 4) is 0 Å². The van der Waals surface area contributed by atoms with Gasteiger partial charge in [-0.05, 0) is 54.8 Å². The van der Waals surface area contributed by atoms with Crippen LogP contribution in [0.5, 0.6) is 0 Å². The van der Waals surface area contributed by atoms with Crippen molar-refractivity contribution in [3.05, 3.63) is 74.9 Å². The van der Waals surface area contributed by atoms with Gasteiger partial charge in [-0.25, -0.2) is 0 Å². The van der Waals surface area contributed by atoms with Gasteiger partial charge in [0.1, 0.15) is 5.69 Å². The quantitative estimate of drug-likeness (QED) is 0.577. The number of pyridine rings is 1. The molecule has 0 bridgehead atoms. The summed E-state index contributed by atoms with van der Waals surface area (Å²) in [6.07, 6.45) is 1.62. The fourth-order valence-corrected chi connectivity index (χ4v) is 3.22. The second kappa shape index (κ2) is 5.46. The summed E-state index contributed by atoms with van der Waals surface area (Å²) in [4.78, 5) is 16.7. The Morgan fingerprint density at radius 1 is 0.950 bits per heavy atom. The van der Waals surface area contributed by atoms with Gasteiger partial charge in [0, 0.05) is 20.7 Å². The lowest BCUT2D eigenvalue weighted by Crippen LogP contribution is -2.05. The number of nitrogens with zero attached hydrogens (tertiary/aromatic N) is 1. The zero-order valence-electron chi connectivity index (χ0n) is 10.3. The molecule has 0 N–H and O–H groups in total. The second-order valence-electron chi connectivity index (χ2n) is 4.38. The molecule has 1 aromatic heterocycles. The molecule has 0 unspecified atom stereocenters. The Bertz CT molecular complexity index is 814. The second-order valence-corrected chi connectivity index (χ2v) is 6.15. The first-order valence-corrected chi connectivity index (χ1v) is 7.58. The third kappa shape index (κ3) is 2.53. The lowest BCUT2D eigenvalue weighted by atomic mass is 10.0. The smallest absolute Gasteiger partial charge is 0.212 e. The van der Waals surface area contributed by atoms with Crippen LogP contribution >= 0.6 is 31.9 Å². The first-order chi connectivity index (χ1) is 9.65. The maximum Gasteiger partial charge on any atom is 0.212 e. The molecule has 20 heavy (non-hydrogen) atoms. The van der Waals surface area contributed by atoms with E-state index in [-0.39, 0.29) is 5.78 Å². The van der Waals surface area contributed by atoms with Crippen LogP contribution in [0.1, 0.15) is 16.1 Å². The van der Waals surface area contributed by atoms with E-state index in [1.807, 2.05) is 48.5 Å². The van der Waals surface area contributed by atoms with Crippen LogP contribution in [0.4, 0.5) is 0 Å². The highest BCUT2D eigenvalue weighted by Gasteiger charge is 2.14. The van der Waals surface area contributed by atoms with Gasteiger partial charge < -0.3 is 0 Å². The lowest BCUT2D eigenvalue weighted by molar-refractivity contribution is 0.103. The van der Waals surface area contributed by atoms with Crippen LogP contribution < -0.4 is 0 Å². The molecule has 4 heteroatoms. The van der Waals surface area contributed by atoms with Crippen molar-refractivity contribution >= 4 is 48.4 Å². The molecule has 2 aromatic carbocycles. The van der Waals surface area contributed by atoms with E-state index in [9.17, 15) is 4.79 Å². The van der Waals surface area contributed by atoms with E-state index in [1.165, 1.54) is 0 Å². The Morgan fingerprint density at radius 3 is 2.45 bits per heavy atom. The van der Waals surface area contributed by atoms with E-state index >= 15 is 0 Å². The molecule has 0 fully saturated rings. The number of benzene rings is 2. The number of carbonyl (C=O) groups excluding carboxylic acids is 1. The SMILES string of the molecule is O=C(c1ccc2ccccc2c1)c1ncc(Br)cc1Br. The molecule has 3 rings (SSSR count).